The van der Waals surface area contributed by atoms with Crippen molar-refractivity contribution in [2.24, 2.45) is 46.3 Å². The summed E-state index contributed by atoms with van der Waals surface area (Å²) in [5.41, 5.74) is 4.00. The van der Waals surface area contributed by atoms with E-state index in [1.807, 2.05) is 20.0 Å². The van der Waals surface area contributed by atoms with Gasteiger partial charge in [-0.15, -0.1) is 0 Å². The third kappa shape index (κ3) is 4.49. The Labute approximate surface area is 193 Å². The van der Waals surface area contributed by atoms with Gasteiger partial charge in [-0.3, -0.25) is 4.98 Å². The molecule has 0 aromatic carbocycles. The van der Waals surface area contributed by atoms with E-state index in [-0.39, 0.29) is 0 Å². The van der Waals surface area contributed by atoms with Gasteiger partial charge in [0.15, 0.2) is 0 Å². The first-order chi connectivity index (χ1) is 14.9. The molecule has 0 amide bonds. The van der Waals surface area contributed by atoms with Gasteiger partial charge in [-0.25, -0.2) is 0 Å². The predicted molar refractivity (Wildman–Crippen MR) is 133 cm³/mol. The van der Waals surface area contributed by atoms with Crippen molar-refractivity contribution >= 4 is 0 Å². The van der Waals surface area contributed by atoms with E-state index in [1.54, 1.807) is 19.3 Å². The Balaban J connectivity index is 0.00000112. The van der Waals surface area contributed by atoms with Crippen LogP contribution in [0.15, 0.2) is 18.5 Å². The van der Waals surface area contributed by atoms with Gasteiger partial charge in [-0.2, -0.15) is 0 Å². The van der Waals surface area contributed by atoms with Crippen LogP contribution in [-0.4, -0.2) is 4.98 Å². The van der Waals surface area contributed by atoms with Crippen molar-refractivity contribution in [1.29, 1.82) is 0 Å². The lowest BCUT2D eigenvalue weighted by Crippen LogP contribution is -2.49. The average molecular weight is 424 g/mol. The zero-order chi connectivity index (χ0) is 22.2. The predicted octanol–water partition coefficient (Wildman–Crippen LogP) is 8.64. The Morgan fingerprint density at radius 1 is 0.871 bits per heavy atom. The maximum Gasteiger partial charge on any atom is 0.0300 e. The van der Waals surface area contributed by atoms with Crippen molar-refractivity contribution in [2.75, 3.05) is 0 Å². The lowest BCUT2D eigenvalue weighted by molar-refractivity contribution is -0.0764. The summed E-state index contributed by atoms with van der Waals surface area (Å²) >= 11 is 0. The summed E-state index contributed by atoms with van der Waals surface area (Å²) in [5, 5.41) is 0. The number of fused-ring (bicyclic) bond motifs is 5. The number of aromatic nitrogens is 1. The maximum absolute atomic E-state index is 4.43. The second kappa shape index (κ2) is 9.18. The minimum atomic E-state index is 0.611. The maximum atomic E-state index is 4.43. The number of aryl methyl sites for hydroxylation is 2. The van der Waals surface area contributed by atoms with Crippen molar-refractivity contribution in [1.82, 2.24) is 4.98 Å². The fourth-order valence-corrected chi connectivity index (χ4v) is 8.98. The monoisotopic (exact) mass is 423 g/mol. The van der Waals surface area contributed by atoms with Crippen LogP contribution >= 0.6 is 0 Å². The third-order valence-corrected chi connectivity index (χ3v) is 10.4. The van der Waals surface area contributed by atoms with Crippen molar-refractivity contribution in [3.63, 3.8) is 0 Å². The molecule has 1 nitrogen and oxygen atoms in total. The first-order valence-electron chi connectivity index (χ1n) is 13.8. The lowest BCUT2D eigenvalue weighted by Gasteiger charge is -2.57. The number of pyridine rings is 1. The van der Waals surface area contributed by atoms with Crippen molar-refractivity contribution in [3.8, 4) is 0 Å². The van der Waals surface area contributed by atoms with E-state index in [1.165, 1.54) is 62.5 Å². The molecule has 1 aromatic heterocycles. The van der Waals surface area contributed by atoms with Gasteiger partial charge in [0.2, 0.25) is 0 Å². The van der Waals surface area contributed by atoms with Crippen LogP contribution in [0.2, 0.25) is 0 Å². The quantitative estimate of drug-likeness (QED) is 0.474. The van der Waals surface area contributed by atoms with Crippen LogP contribution in [-0.2, 0) is 6.42 Å². The first-order valence-corrected chi connectivity index (χ1v) is 13.8. The van der Waals surface area contributed by atoms with E-state index in [0.717, 1.165) is 35.5 Å². The van der Waals surface area contributed by atoms with Gasteiger partial charge in [0, 0.05) is 12.4 Å². The van der Waals surface area contributed by atoms with Crippen LogP contribution in [0.25, 0.3) is 0 Å². The molecular weight excluding hydrogens is 374 g/mol. The number of nitrogens with zero attached hydrogens (tertiary/aromatic N) is 1. The Bertz CT molecular complexity index is 736. The van der Waals surface area contributed by atoms with Crippen LogP contribution in [0.1, 0.15) is 110 Å². The molecule has 0 bridgehead atoms. The van der Waals surface area contributed by atoms with E-state index in [0.29, 0.717) is 10.8 Å². The van der Waals surface area contributed by atoms with E-state index in [4.69, 9.17) is 0 Å². The van der Waals surface area contributed by atoms with Crippen LogP contribution in [0.4, 0.5) is 0 Å². The molecule has 1 aromatic rings. The molecule has 4 saturated carbocycles. The average Bonchev–Trinajstić information content (AvgIpc) is 3.09. The molecule has 1 heteroatoms. The summed E-state index contributed by atoms with van der Waals surface area (Å²) in [5.74, 6) is 6.22. The van der Waals surface area contributed by atoms with Gasteiger partial charge in [0.25, 0.3) is 0 Å². The highest BCUT2D eigenvalue weighted by molar-refractivity contribution is 5.17. The second-order valence-corrected chi connectivity index (χ2v) is 12.6. The molecule has 0 radical (unpaired) electrons. The largest absolute Gasteiger partial charge is 0.264 e. The molecular formula is C30H49N. The SMILES string of the molecule is CC.Cc1cncc(CCC2CCC3C4CCC5CC(C)(C)CCC5C4CCC23C)c1. The molecule has 31 heavy (non-hydrogen) atoms. The molecule has 7 atom stereocenters. The second-order valence-electron chi connectivity index (χ2n) is 12.6. The Kier molecular flexibility index (Phi) is 6.91. The first kappa shape index (κ1) is 23.3. The van der Waals surface area contributed by atoms with Crippen LogP contribution < -0.4 is 0 Å². The third-order valence-electron chi connectivity index (χ3n) is 10.4. The molecule has 4 aliphatic carbocycles. The topological polar surface area (TPSA) is 12.9 Å². The van der Waals surface area contributed by atoms with Gasteiger partial charge < -0.3 is 0 Å². The van der Waals surface area contributed by atoms with E-state index in [2.05, 4.69) is 44.9 Å². The number of hydrogen-bond acceptors (Lipinski definition) is 1. The lowest BCUT2D eigenvalue weighted by atomic mass is 9.48. The molecule has 174 valence electrons. The summed E-state index contributed by atoms with van der Waals surface area (Å²) in [6.07, 6.45) is 20.4. The molecule has 7 unspecified atom stereocenters. The molecule has 4 aliphatic rings. The Morgan fingerprint density at radius 2 is 1.65 bits per heavy atom. The van der Waals surface area contributed by atoms with E-state index >= 15 is 0 Å². The van der Waals surface area contributed by atoms with Gasteiger partial charge in [0.05, 0.1) is 0 Å². The van der Waals surface area contributed by atoms with Crippen LogP contribution in [0.5, 0.6) is 0 Å². The molecule has 0 spiro atoms. The van der Waals surface area contributed by atoms with Crippen LogP contribution in [0.3, 0.4) is 0 Å². The van der Waals surface area contributed by atoms with Gasteiger partial charge in [-0.05, 0) is 135 Å². The fraction of sp³-hybridized carbons (Fsp3) is 0.833. The summed E-state index contributed by atoms with van der Waals surface area (Å²) in [6.45, 7) is 13.9. The molecule has 5 rings (SSSR count). The van der Waals surface area contributed by atoms with Gasteiger partial charge in [0.1, 0.15) is 0 Å². The Morgan fingerprint density at radius 3 is 2.42 bits per heavy atom. The summed E-state index contributed by atoms with van der Waals surface area (Å²) in [6, 6.07) is 2.35. The van der Waals surface area contributed by atoms with Crippen molar-refractivity contribution in [2.45, 2.75) is 112 Å². The summed E-state index contributed by atoms with van der Waals surface area (Å²) in [4.78, 5) is 4.43. The molecule has 0 saturated heterocycles. The minimum Gasteiger partial charge on any atom is -0.264 e. The summed E-state index contributed by atoms with van der Waals surface area (Å²) < 4.78 is 0. The molecule has 0 aliphatic heterocycles. The molecule has 1 heterocycles. The fourth-order valence-electron chi connectivity index (χ4n) is 8.98. The van der Waals surface area contributed by atoms with Crippen molar-refractivity contribution < 1.29 is 0 Å². The van der Waals surface area contributed by atoms with Gasteiger partial charge in [-0.1, -0.05) is 40.7 Å². The highest BCUT2D eigenvalue weighted by Gasteiger charge is 2.56. The van der Waals surface area contributed by atoms with Crippen LogP contribution in [0, 0.1) is 53.3 Å². The molecule has 4 fully saturated rings. The van der Waals surface area contributed by atoms with Crippen molar-refractivity contribution in [3.05, 3.63) is 29.6 Å². The number of rotatable bonds is 3. The Hall–Kier alpha value is -0.850. The number of hydrogen-bond donors (Lipinski definition) is 0. The highest BCUT2D eigenvalue weighted by atomic mass is 14.6. The minimum absolute atomic E-state index is 0.611. The highest BCUT2D eigenvalue weighted by Crippen LogP contribution is 2.65. The zero-order valence-corrected chi connectivity index (χ0v) is 21.4. The summed E-state index contributed by atoms with van der Waals surface area (Å²) in [7, 11) is 0. The standard InChI is InChI=1S/C28H43N.C2H6/c1-19-15-20(18-29-17-19)5-7-22-8-10-26-25-9-6-21-16-27(2,3)13-11-23(21)24(25)12-14-28(22,26)4;1-2/h15,17-18,21-26H,5-14,16H2,1-4H3;1-2H3. The zero-order valence-electron chi connectivity index (χ0n) is 21.4. The molecule has 0 N–H and O–H groups in total. The van der Waals surface area contributed by atoms with Gasteiger partial charge >= 0.3 is 0 Å². The van der Waals surface area contributed by atoms with E-state index in [9.17, 15) is 0 Å². The normalized spacial score (nSPS) is 40.7. The van der Waals surface area contributed by atoms with E-state index < -0.39 is 0 Å². The smallest absolute Gasteiger partial charge is 0.0300 e.